The first-order valence-corrected chi connectivity index (χ1v) is 8.57. The minimum absolute atomic E-state index is 0.157. The van der Waals surface area contributed by atoms with Crippen molar-refractivity contribution in [3.05, 3.63) is 58.7 Å². The quantitative estimate of drug-likeness (QED) is 0.821. The molecule has 0 aliphatic rings. The van der Waals surface area contributed by atoms with Crippen LogP contribution in [0, 0.1) is 20.8 Å². The number of nitrogens with one attached hydrogen (secondary N) is 1. The van der Waals surface area contributed by atoms with Gasteiger partial charge in [-0.3, -0.25) is 9.59 Å². The molecule has 6 heteroatoms. The van der Waals surface area contributed by atoms with E-state index in [1.54, 1.807) is 24.3 Å². The van der Waals surface area contributed by atoms with Crippen molar-refractivity contribution in [1.29, 1.82) is 0 Å². The highest BCUT2D eigenvalue weighted by molar-refractivity contribution is 6.05. The maximum atomic E-state index is 12.6. The number of esters is 1. The van der Waals surface area contributed by atoms with Crippen LogP contribution in [0.2, 0.25) is 0 Å². The van der Waals surface area contributed by atoms with Gasteiger partial charge in [-0.05, 0) is 44.0 Å². The summed E-state index contributed by atoms with van der Waals surface area (Å²) in [5.74, 6) is -1.18. The van der Waals surface area contributed by atoms with Crippen LogP contribution >= 0.6 is 0 Å². The summed E-state index contributed by atoms with van der Waals surface area (Å²) in [7, 11) is 1.28. The van der Waals surface area contributed by atoms with Crippen molar-refractivity contribution in [2.24, 2.45) is 0 Å². The van der Waals surface area contributed by atoms with Crippen LogP contribution in [-0.2, 0) is 14.3 Å². The van der Waals surface area contributed by atoms with Crippen LogP contribution in [0.4, 0.5) is 11.4 Å². The van der Waals surface area contributed by atoms with E-state index < -0.39 is 11.9 Å². The third kappa shape index (κ3) is 4.73. The summed E-state index contributed by atoms with van der Waals surface area (Å²) in [5.41, 5.74) is 4.26. The number of aryl methyl sites for hydroxylation is 3. The average Bonchev–Trinajstić information content (AvgIpc) is 2.59. The van der Waals surface area contributed by atoms with Crippen molar-refractivity contribution in [3.8, 4) is 0 Å². The van der Waals surface area contributed by atoms with Crippen LogP contribution < -0.4 is 10.2 Å². The van der Waals surface area contributed by atoms with E-state index in [1.165, 1.54) is 18.9 Å². The second kappa shape index (κ2) is 8.49. The lowest BCUT2D eigenvalue weighted by Gasteiger charge is -2.25. The number of hydrogen-bond acceptors (Lipinski definition) is 4. The third-order valence-corrected chi connectivity index (χ3v) is 4.19. The molecule has 0 aromatic heterocycles. The summed E-state index contributed by atoms with van der Waals surface area (Å²) in [6.07, 6.45) is 0. The van der Waals surface area contributed by atoms with Crippen molar-refractivity contribution >= 4 is 29.2 Å². The van der Waals surface area contributed by atoms with Gasteiger partial charge in [-0.25, -0.2) is 4.79 Å². The van der Waals surface area contributed by atoms with Gasteiger partial charge in [0.15, 0.2) is 0 Å². The first-order chi connectivity index (χ1) is 12.7. The van der Waals surface area contributed by atoms with Crippen molar-refractivity contribution < 1.29 is 19.1 Å². The molecule has 0 spiro atoms. The predicted octanol–water partition coefficient (Wildman–Crippen LogP) is 3.39. The van der Waals surface area contributed by atoms with Crippen LogP contribution in [-0.4, -0.2) is 31.4 Å². The monoisotopic (exact) mass is 368 g/mol. The highest BCUT2D eigenvalue weighted by Gasteiger charge is 2.21. The van der Waals surface area contributed by atoms with E-state index in [0.717, 1.165) is 22.4 Å². The molecule has 2 aromatic carbocycles. The molecule has 0 radical (unpaired) electrons. The van der Waals surface area contributed by atoms with E-state index >= 15 is 0 Å². The Morgan fingerprint density at radius 3 is 2.19 bits per heavy atom. The lowest BCUT2D eigenvalue weighted by atomic mass is 10.0. The number of carbonyl (C=O) groups is 3. The Labute approximate surface area is 159 Å². The topological polar surface area (TPSA) is 75.7 Å². The minimum Gasteiger partial charge on any atom is -0.465 e. The van der Waals surface area contributed by atoms with Gasteiger partial charge in [0, 0.05) is 6.92 Å². The Morgan fingerprint density at radius 2 is 1.63 bits per heavy atom. The standard InChI is InChI=1S/C21H24N2O4/c1-13-10-14(2)20(15(3)11-13)23(16(4)24)12-19(25)22-18-9-7-6-8-17(18)21(26)27-5/h6-11H,12H2,1-5H3,(H,22,25). The zero-order valence-electron chi connectivity index (χ0n) is 16.3. The second-order valence-electron chi connectivity index (χ2n) is 6.44. The van der Waals surface area contributed by atoms with Crippen LogP contribution in [0.25, 0.3) is 0 Å². The number of benzene rings is 2. The molecule has 0 aliphatic carbocycles. The predicted molar refractivity (Wildman–Crippen MR) is 105 cm³/mol. The molecular formula is C21H24N2O4. The number of ether oxygens (including phenoxy) is 1. The third-order valence-electron chi connectivity index (χ3n) is 4.19. The molecule has 1 N–H and O–H groups in total. The molecule has 0 saturated heterocycles. The number of methoxy groups -OCH3 is 1. The van der Waals surface area contributed by atoms with Crippen LogP contribution in [0.1, 0.15) is 34.0 Å². The molecule has 27 heavy (non-hydrogen) atoms. The van der Waals surface area contributed by atoms with Gasteiger partial charge in [0.05, 0.1) is 24.0 Å². The average molecular weight is 368 g/mol. The number of nitrogens with zero attached hydrogens (tertiary/aromatic N) is 1. The molecule has 142 valence electrons. The zero-order chi connectivity index (χ0) is 20.1. The van der Waals surface area contributed by atoms with Gasteiger partial charge in [0.1, 0.15) is 6.54 Å². The number of para-hydroxylation sites is 1. The van der Waals surface area contributed by atoms with Gasteiger partial charge < -0.3 is 15.0 Å². The molecule has 0 aliphatic heterocycles. The molecule has 6 nitrogen and oxygen atoms in total. The number of anilines is 2. The van der Waals surface area contributed by atoms with Crippen LogP contribution in [0.15, 0.2) is 36.4 Å². The van der Waals surface area contributed by atoms with Crippen molar-refractivity contribution in [1.82, 2.24) is 0 Å². The molecule has 0 bridgehead atoms. The first-order valence-electron chi connectivity index (χ1n) is 8.57. The van der Waals surface area contributed by atoms with E-state index in [9.17, 15) is 14.4 Å². The Balaban J connectivity index is 2.28. The maximum absolute atomic E-state index is 12.6. The fourth-order valence-corrected chi connectivity index (χ4v) is 3.16. The molecule has 2 amide bonds. The van der Waals surface area contributed by atoms with E-state index in [0.29, 0.717) is 5.69 Å². The Kier molecular flexibility index (Phi) is 6.34. The summed E-state index contributed by atoms with van der Waals surface area (Å²) in [6.45, 7) is 7.08. The van der Waals surface area contributed by atoms with Gasteiger partial charge in [-0.2, -0.15) is 0 Å². The summed E-state index contributed by atoms with van der Waals surface area (Å²) < 4.78 is 4.74. The molecule has 2 aromatic rings. The molecule has 0 unspecified atom stereocenters. The van der Waals surface area contributed by atoms with Gasteiger partial charge >= 0.3 is 5.97 Å². The molecule has 0 atom stereocenters. The van der Waals surface area contributed by atoms with E-state index in [2.05, 4.69) is 5.32 Å². The summed E-state index contributed by atoms with van der Waals surface area (Å²) in [6, 6.07) is 10.5. The number of amides is 2. The minimum atomic E-state index is -0.542. The van der Waals surface area contributed by atoms with Gasteiger partial charge in [-0.15, -0.1) is 0 Å². The zero-order valence-corrected chi connectivity index (χ0v) is 16.3. The molecule has 0 heterocycles. The SMILES string of the molecule is COC(=O)c1ccccc1NC(=O)CN(C(C)=O)c1c(C)cc(C)cc1C. The maximum Gasteiger partial charge on any atom is 0.339 e. The lowest BCUT2D eigenvalue weighted by molar-refractivity contribution is -0.120. The highest BCUT2D eigenvalue weighted by atomic mass is 16.5. The smallest absolute Gasteiger partial charge is 0.339 e. The Hall–Kier alpha value is -3.15. The fourth-order valence-electron chi connectivity index (χ4n) is 3.16. The highest BCUT2D eigenvalue weighted by Crippen LogP contribution is 2.26. The van der Waals surface area contributed by atoms with Crippen molar-refractivity contribution in [3.63, 3.8) is 0 Å². The number of hydrogen-bond donors (Lipinski definition) is 1. The molecule has 0 fully saturated rings. The summed E-state index contributed by atoms with van der Waals surface area (Å²) >= 11 is 0. The van der Waals surface area contributed by atoms with E-state index in [4.69, 9.17) is 4.74 Å². The van der Waals surface area contributed by atoms with Gasteiger partial charge in [-0.1, -0.05) is 29.8 Å². The summed E-state index contributed by atoms with van der Waals surface area (Å²) in [4.78, 5) is 38.1. The van der Waals surface area contributed by atoms with Crippen LogP contribution in [0.5, 0.6) is 0 Å². The Morgan fingerprint density at radius 1 is 1.04 bits per heavy atom. The fraction of sp³-hybridized carbons (Fsp3) is 0.286. The molecule has 0 saturated carbocycles. The van der Waals surface area contributed by atoms with Gasteiger partial charge in [0.2, 0.25) is 11.8 Å². The normalized spacial score (nSPS) is 10.3. The Bertz CT molecular complexity index is 866. The van der Waals surface area contributed by atoms with Crippen molar-refractivity contribution in [2.75, 3.05) is 23.9 Å². The number of rotatable bonds is 5. The molecular weight excluding hydrogens is 344 g/mol. The van der Waals surface area contributed by atoms with E-state index in [1.807, 2.05) is 32.9 Å². The second-order valence-corrected chi connectivity index (χ2v) is 6.44. The van der Waals surface area contributed by atoms with E-state index in [-0.39, 0.29) is 18.0 Å². The first kappa shape index (κ1) is 20.2. The van der Waals surface area contributed by atoms with Crippen LogP contribution in [0.3, 0.4) is 0 Å². The summed E-state index contributed by atoms with van der Waals surface area (Å²) in [5, 5.41) is 2.70. The van der Waals surface area contributed by atoms with Gasteiger partial charge in [0.25, 0.3) is 0 Å². The molecule has 2 rings (SSSR count). The number of carbonyl (C=O) groups excluding carboxylic acids is 3. The van der Waals surface area contributed by atoms with Crippen molar-refractivity contribution in [2.45, 2.75) is 27.7 Å². The largest absolute Gasteiger partial charge is 0.465 e. The lowest BCUT2D eigenvalue weighted by Crippen LogP contribution is -2.37.